The van der Waals surface area contributed by atoms with Gasteiger partial charge in [-0.3, -0.25) is 4.84 Å². The Bertz CT molecular complexity index is 439. The molecule has 0 fully saturated rings. The van der Waals surface area contributed by atoms with Crippen molar-refractivity contribution in [3.63, 3.8) is 0 Å². The van der Waals surface area contributed by atoms with Crippen molar-refractivity contribution in [2.45, 2.75) is 13.8 Å². The van der Waals surface area contributed by atoms with Gasteiger partial charge in [0.2, 0.25) is 0 Å². The fraction of sp³-hybridized carbons (Fsp3) is 0.308. The van der Waals surface area contributed by atoms with E-state index in [1.807, 2.05) is 32.0 Å². The molecule has 90 valence electrons. The quantitative estimate of drug-likeness (QED) is 0.700. The summed E-state index contributed by atoms with van der Waals surface area (Å²) >= 11 is 0. The molecule has 0 bridgehead atoms. The first-order valence-corrected chi connectivity index (χ1v) is 5.49. The highest BCUT2D eigenvalue weighted by atomic mass is 16.7. The van der Waals surface area contributed by atoms with E-state index in [-0.39, 0.29) is 0 Å². The Labute approximate surface area is 100 Å². The van der Waals surface area contributed by atoms with Gasteiger partial charge >= 0.3 is 6.09 Å². The van der Waals surface area contributed by atoms with Crippen molar-refractivity contribution < 1.29 is 14.4 Å². The van der Waals surface area contributed by atoms with Crippen LogP contribution in [0.25, 0.3) is 0 Å². The number of amides is 1. The summed E-state index contributed by atoms with van der Waals surface area (Å²) in [5, 5.41) is 1.25. The summed E-state index contributed by atoms with van der Waals surface area (Å²) in [4.78, 5) is 17.1. The monoisotopic (exact) mass is 233 g/mol. The van der Waals surface area contributed by atoms with Crippen molar-refractivity contribution >= 4 is 6.09 Å². The van der Waals surface area contributed by atoms with E-state index in [1.54, 1.807) is 12.1 Å². The summed E-state index contributed by atoms with van der Waals surface area (Å²) in [5.41, 5.74) is 2.30. The molecule has 0 N–H and O–H groups in total. The van der Waals surface area contributed by atoms with E-state index in [4.69, 9.17) is 9.57 Å². The molecule has 1 amide bonds. The Morgan fingerprint density at radius 1 is 1.24 bits per heavy atom. The molecule has 1 aliphatic rings. The van der Waals surface area contributed by atoms with Crippen LogP contribution in [0.3, 0.4) is 0 Å². The second-order valence-electron chi connectivity index (χ2n) is 4.05. The van der Waals surface area contributed by atoms with Crippen molar-refractivity contribution in [3.05, 3.63) is 41.5 Å². The number of rotatable bonds is 1. The number of hydrogen-bond donors (Lipinski definition) is 0. The van der Waals surface area contributed by atoms with Gasteiger partial charge in [0.1, 0.15) is 5.75 Å². The van der Waals surface area contributed by atoms with Gasteiger partial charge in [-0.25, -0.2) is 4.79 Å². The predicted octanol–water partition coefficient (Wildman–Crippen LogP) is 2.77. The van der Waals surface area contributed by atoms with Crippen LogP contribution in [0.5, 0.6) is 5.75 Å². The standard InChI is InChI=1S/C13H15NO3/c1-10-8-14(16-9-11(10)2)13(15)17-12-6-4-3-5-7-12/h3-7H,8-9H2,1-2H3. The zero-order chi connectivity index (χ0) is 12.3. The molecule has 0 aromatic heterocycles. The van der Waals surface area contributed by atoms with Crippen molar-refractivity contribution in [1.29, 1.82) is 0 Å². The zero-order valence-electron chi connectivity index (χ0n) is 9.97. The Morgan fingerprint density at radius 2 is 1.94 bits per heavy atom. The highest BCUT2D eigenvalue weighted by Crippen LogP contribution is 2.16. The molecule has 0 saturated heterocycles. The van der Waals surface area contributed by atoms with Gasteiger partial charge in [0.25, 0.3) is 0 Å². The third-order valence-corrected chi connectivity index (χ3v) is 2.70. The number of carbonyl (C=O) groups is 1. The third-order valence-electron chi connectivity index (χ3n) is 2.70. The fourth-order valence-corrected chi connectivity index (χ4v) is 1.45. The van der Waals surface area contributed by atoms with E-state index in [0.29, 0.717) is 18.9 Å². The number of para-hydroxylation sites is 1. The van der Waals surface area contributed by atoms with Crippen LogP contribution in [-0.2, 0) is 4.84 Å². The van der Waals surface area contributed by atoms with Gasteiger partial charge < -0.3 is 4.74 Å². The maximum Gasteiger partial charge on any atom is 0.439 e. The number of ether oxygens (including phenoxy) is 1. The smallest absolute Gasteiger partial charge is 0.409 e. The number of hydroxylamine groups is 2. The Balaban J connectivity index is 1.98. The van der Waals surface area contributed by atoms with Crippen LogP contribution in [0.4, 0.5) is 4.79 Å². The molecule has 0 saturated carbocycles. The van der Waals surface area contributed by atoms with Gasteiger partial charge in [-0.1, -0.05) is 18.2 Å². The van der Waals surface area contributed by atoms with E-state index in [9.17, 15) is 4.79 Å². The van der Waals surface area contributed by atoms with Crippen LogP contribution in [0.2, 0.25) is 0 Å². The number of carbonyl (C=O) groups excluding carboxylic acids is 1. The maximum atomic E-state index is 11.8. The minimum Gasteiger partial charge on any atom is -0.409 e. The predicted molar refractivity (Wildman–Crippen MR) is 63.5 cm³/mol. The molecule has 2 rings (SSSR count). The molecule has 1 aromatic carbocycles. The van der Waals surface area contributed by atoms with Crippen LogP contribution in [0.15, 0.2) is 41.5 Å². The molecule has 0 aliphatic carbocycles. The lowest BCUT2D eigenvalue weighted by Gasteiger charge is -2.26. The van der Waals surface area contributed by atoms with Crippen LogP contribution in [0.1, 0.15) is 13.8 Å². The molecular weight excluding hydrogens is 218 g/mol. The summed E-state index contributed by atoms with van der Waals surface area (Å²) in [6, 6.07) is 8.96. The molecule has 1 heterocycles. The lowest BCUT2D eigenvalue weighted by atomic mass is 10.1. The first-order valence-electron chi connectivity index (χ1n) is 5.49. The summed E-state index contributed by atoms with van der Waals surface area (Å²) < 4.78 is 5.18. The second-order valence-corrected chi connectivity index (χ2v) is 4.05. The fourth-order valence-electron chi connectivity index (χ4n) is 1.45. The molecule has 0 atom stereocenters. The Hall–Kier alpha value is -1.81. The summed E-state index contributed by atoms with van der Waals surface area (Å²) in [6.45, 7) is 4.88. The molecule has 1 aromatic rings. The highest BCUT2D eigenvalue weighted by molar-refractivity contribution is 5.70. The number of benzene rings is 1. The SMILES string of the molecule is CC1=C(C)CN(C(=O)Oc2ccccc2)OC1. The highest BCUT2D eigenvalue weighted by Gasteiger charge is 2.21. The van der Waals surface area contributed by atoms with Crippen LogP contribution >= 0.6 is 0 Å². The van der Waals surface area contributed by atoms with E-state index in [2.05, 4.69) is 0 Å². The summed E-state index contributed by atoms with van der Waals surface area (Å²) in [5.74, 6) is 0.519. The lowest BCUT2D eigenvalue weighted by molar-refractivity contribution is -0.121. The normalized spacial score (nSPS) is 16.0. The molecule has 0 unspecified atom stereocenters. The number of nitrogens with zero attached hydrogens (tertiary/aromatic N) is 1. The van der Waals surface area contributed by atoms with Crippen LogP contribution in [-0.4, -0.2) is 24.3 Å². The van der Waals surface area contributed by atoms with E-state index < -0.39 is 6.09 Å². The molecule has 0 spiro atoms. The van der Waals surface area contributed by atoms with Crippen molar-refractivity contribution in [1.82, 2.24) is 5.06 Å². The molecule has 0 radical (unpaired) electrons. The second kappa shape index (κ2) is 5.01. The van der Waals surface area contributed by atoms with Gasteiger partial charge in [0.15, 0.2) is 0 Å². The molecule has 4 heteroatoms. The van der Waals surface area contributed by atoms with E-state index in [1.165, 1.54) is 5.06 Å². The minimum absolute atomic E-state index is 0.440. The van der Waals surface area contributed by atoms with Crippen LogP contribution < -0.4 is 4.74 Å². The molecular formula is C13H15NO3. The summed E-state index contributed by atoms with van der Waals surface area (Å²) in [7, 11) is 0. The summed E-state index contributed by atoms with van der Waals surface area (Å²) in [6.07, 6.45) is -0.483. The largest absolute Gasteiger partial charge is 0.439 e. The maximum absolute atomic E-state index is 11.8. The van der Waals surface area contributed by atoms with Crippen molar-refractivity contribution in [2.75, 3.05) is 13.2 Å². The Kier molecular flexibility index (Phi) is 3.44. The lowest BCUT2D eigenvalue weighted by Crippen LogP contribution is -2.38. The third kappa shape index (κ3) is 2.85. The zero-order valence-corrected chi connectivity index (χ0v) is 9.97. The topological polar surface area (TPSA) is 38.8 Å². The number of hydrogen-bond acceptors (Lipinski definition) is 3. The molecule has 4 nitrogen and oxygen atoms in total. The molecule has 17 heavy (non-hydrogen) atoms. The minimum atomic E-state index is -0.483. The van der Waals surface area contributed by atoms with Gasteiger partial charge in [0, 0.05) is 0 Å². The van der Waals surface area contributed by atoms with E-state index in [0.717, 1.165) is 11.1 Å². The van der Waals surface area contributed by atoms with E-state index >= 15 is 0 Å². The molecule has 1 aliphatic heterocycles. The average molecular weight is 233 g/mol. The van der Waals surface area contributed by atoms with Gasteiger partial charge in [0.05, 0.1) is 13.2 Å². The van der Waals surface area contributed by atoms with Gasteiger partial charge in [-0.15, -0.1) is 0 Å². The van der Waals surface area contributed by atoms with Crippen molar-refractivity contribution in [2.24, 2.45) is 0 Å². The van der Waals surface area contributed by atoms with Crippen molar-refractivity contribution in [3.8, 4) is 5.75 Å². The van der Waals surface area contributed by atoms with Crippen LogP contribution in [0, 0.1) is 0 Å². The average Bonchev–Trinajstić information content (AvgIpc) is 2.34. The first kappa shape index (κ1) is 11.7. The Morgan fingerprint density at radius 3 is 2.59 bits per heavy atom. The first-order chi connectivity index (χ1) is 8.16. The van der Waals surface area contributed by atoms with Gasteiger partial charge in [-0.2, -0.15) is 5.06 Å². The van der Waals surface area contributed by atoms with Gasteiger partial charge in [-0.05, 0) is 37.1 Å².